The zero-order valence-corrected chi connectivity index (χ0v) is 15.2. The van der Waals surface area contributed by atoms with Crippen molar-refractivity contribution in [3.8, 4) is 0 Å². The lowest BCUT2D eigenvalue weighted by atomic mass is 9.77. The van der Waals surface area contributed by atoms with E-state index in [0.29, 0.717) is 5.92 Å². The number of nitrogens with zero attached hydrogens (tertiary/aromatic N) is 2. The van der Waals surface area contributed by atoms with Crippen LogP contribution < -0.4 is 0 Å². The fraction of sp³-hybridized carbons (Fsp3) is 0.160. The van der Waals surface area contributed by atoms with Crippen LogP contribution in [-0.2, 0) is 5.54 Å². The van der Waals surface area contributed by atoms with E-state index in [0.717, 1.165) is 0 Å². The fourth-order valence-corrected chi connectivity index (χ4v) is 4.10. The van der Waals surface area contributed by atoms with Crippen molar-refractivity contribution < 1.29 is 0 Å². The van der Waals surface area contributed by atoms with E-state index < -0.39 is 5.54 Å². The predicted molar refractivity (Wildman–Crippen MR) is 109 cm³/mol. The van der Waals surface area contributed by atoms with Crippen molar-refractivity contribution in [1.29, 1.82) is 0 Å². The van der Waals surface area contributed by atoms with Crippen molar-refractivity contribution in [2.75, 3.05) is 0 Å². The third-order valence-corrected chi connectivity index (χ3v) is 5.56. The Kier molecular flexibility index (Phi) is 3.90. The average Bonchev–Trinajstić information content (AvgIpc) is 3.49. The Hall–Kier alpha value is -3.13. The normalized spacial score (nSPS) is 14.2. The minimum Gasteiger partial charge on any atom is -0.319 e. The molecule has 2 nitrogen and oxygen atoms in total. The molecule has 0 N–H and O–H groups in total. The zero-order chi connectivity index (χ0) is 18.1. The van der Waals surface area contributed by atoms with Gasteiger partial charge in [-0.05, 0) is 29.5 Å². The maximum atomic E-state index is 4.78. The molecule has 1 aromatic heterocycles. The largest absolute Gasteiger partial charge is 0.319 e. The molecule has 1 aliphatic carbocycles. The highest BCUT2D eigenvalue weighted by Gasteiger charge is 2.39. The summed E-state index contributed by atoms with van der Waals surface area (Å²) in [5.74, 6) is 0.631. The van der Waals surface area contributed by atoms with E-state index >= 15 is 0 Å². The summed E-state index contributed by atoms with van der Waals surface area (Å²) in [6.45, 7) is 0. The molecule has 0 aliphatic heterocycles. The van der Waals surface area contributed by atoms with Gasteiger partial charge in [0.25, 0.3) is 0 Å². The van der Waals surface area contributed by atoms with Crippen LogP contribution in [0.4, 0.5) is 0 Å². The maximum Gasteiger partial charge on any atom is 0.121 e. The first kappa shape index (κ1) is 16.1. The predicted octanol–water partition coefficient (Wildman–Crippen LogP) is 5.60. The number of imidazole rings is 1. The minimum atomic E-state index is -0.441. The summed E-state index contributed by atoms with van der Waals surface area (Å²) in [5.41, 5.74) is 4.48. The first-order chi connectivity index (χ1) is 13.4. The Morgan fingerprint density at radius 1 is 0.667 bits per heavy atom. The van der Waals surface area contributed by atoms with Crippen molar-refractivity contribution in [3.05, 3.63) is 126 Å². The van der Waals surface area contributed by atoms with Gasteiger partial charge in [0.15, 0.2) is 0 Å². The highest BCUT2D eigenvalue weighted by atomic mass is 15.1. The zero-order valence-electron chi connectivity index (χ0n) is 15.2. The third kappa shape index (κ3) is 2.69. The molecule has 0 spiro atoms. The molecule has 27 heavy (non-hydrogen) atoms. The molecule has 5 rings (SSSR count). The molecule has 0 bridgehead atoms. The van der Waals surface area contributed by atoms with Gasteiger partial charge >= 0.3 is 0 Å². The van der Waals surface area contributed by atoms with Crippen LogP contribution in [0.3, 0.4) is 0 Å². The van der Waals surface area contributed by atoms with Crippen molar-refractivity contribution >= 4 is 0 Å². The SMILES string of the molecule is c1ccc(C(c2ccccc2)(c2ccccc2)n2cnc(C3CC3)c2)cc1. The van der Waals surface area contributed by atoms with Gasteiger partial charge in [0.1, 0.15) is 5.54 Å². The van der Waals surface area contributed by atoms with Crippen LogP contribution in [0.15, 0.2) is 104 Å². The second-order valence-corrected chi connectivity index (χ2v) is 7.29. The van der Waals surface area contributed by atoms with Crippen LogP contribution in [-0.4, -0.2) is 9.55 Å². The lowest BCUT2D eigenvalue weighted by Crippen LogP contribution is -2.36. The Bertz CT molecular complexity index is 919. The quantitative estimate of drug-likeness (QED) is 0.428. The smallest absolute Gasteiger partial charge is 0.121 e. The van der Waals surface area contributed by atoms with Crippen LogP contribution in [0, 0.1) is 0 Å². The van der Waals surface area contributed by atoms with Crippen LogP contribution in [0.25, 0.3) is 0 Å². The van der Waals surface area contributed by atoms with Gasteiger partial charge in [0.05, 0.1) is 12.0 Å². The number of hydrogen-bond acceptors (Lipinski definition) is 1. The molecule has 1 heterocycles. The van der Waals surface area contributed by atoms with E-state index in [9.17, 15) is 0 Å². The van der Waals surface area contributed by atoms with E-state index in [4.69, 9.17) is 4.98 Å². The van der Waals surface area contributed by atoms with Crippen molar-refractivity contribution in [2.45, 2.75) is 24.3 Å². The van der Waals surface area contributed by atoms with Crippen LogP contribution in [0.1, 0.15) is 41.1 Å². The monoisotopic (exact) mass is 350 g/mol. The molecule has 0 unspecified atom stereocenters. The maximum absolute atomic E-state index is 4.78. The second-order valence-electron chi connectivity index (χ2n) is 7.29. The van der Waals surface area contributed by atoms with E-state index in [-0.39, 0.29) is 0 Å². The van der Waals surface area contributed by atoms with Crippen LogP contribution in [0.2, 0.25) is 0 Å². The van der Waals surface area contributed by atoms with E-state index in [1.807, 2.05) is 6.33 Å². The number of benzene rings is 3. The first-order valence-electron chi connectivity index (χ1n) is 9.60. The average molecular weight is 350 g/mol. The number of aromatic nitrogens is 2. The molecule has 1 saturated carbocycles. The summed E-state index contributed by atoms with van der Waals surface area (Å²) >= 11 is 0. The molecule has 132 valence electrons. The lowest BCUT2D eigenvalue weighted by Gasteiger charge is -2.37. The number of hydrogen-bond donors (Lipinski definition) is 0. The molecule has 1 fully saturated rings. The molecule has 3 aromatic carbocycles. The standard InChI is InChI=1S/C25H22N2/c1-4-10-21(11-5-1)25(22-12-6-2-7-13-22,23-14-8-3-9-15-23)27-18-24(26-19-27)20-16-17-20/h1-15,18-20H,16-17H2. The molecular formula is C25H22N2. The van der Waals surface area contributed by atoms with Gasteiger partial charge in [-0.25, -0.2) is 4.98 Å². The Morgan fingerprint density at radius 3 is 1.52 bits per heavy atom. The first-order valence-corrected chi connectivity index (χ1v) is 9.60. The Morgan fingerprint density at radius 2 is 1.11 bits per heavy atom. The molecule has 0 atom stereocenters. The number of rotatable bonds is 5. The van der Waals surface area contributed by atoms with Crippen molar-refractivity contribution in [2.24, 2.45) is 0 Å². The summed E-state index contributed by atoms with van der Waals surface area (Å²) in [7, 11) is 0. The van der Waals surface area contributed by atoms with Crippen molar-refractivity contribution in [3.63, 3.8) is 0 Å². The molecule has 0 saturated heterocycles. The van der Waals surface area contributed by atoms with Crippen LogP contribution in [0.5, 0.6) is 0 Å². The summed E-state index contributed by atoms with van der Waals surface area (Å²) < 4.78 is 2.31. The van der Waals surface area contributed by atoms with E-state index in [1.165, 1.54) is 35.2 Å². The molecule has 1 aliphatic rings. The van der Waals surface area contributed by atoms with Gasteiger partial charge in [-0.1, -0.05) is 91.0 Å². The molecular weight excluding hydrogens is 328 g/mol. The summed E-state index contributed by atoms with van der Waals surface area (Å²) in [5, 5.41) is 0. The molecule has 0 radical (unpaired) electrons. The van der Waals surface area contributed by atoms with Gasteiger partial charge in [-0.3, -0.25) is 0 Å². The van der Waals surface area contributed by atoms with Gasteiger partial charge < -0.3 is 4.57 Å². The minimum absolute atomic E-state index is 0.441. The van der Waals surface area contributed by atoms with Crippen LogP contribution >= 0.6 is 0 Å². The van der Waals surface area contributed by atoms with Gasteiger partial charge in [0.2, 0.25) is 0 Å². The summed E-state index contributed by atoms with van der Waals surface area (Å²) in [6.07, 6.45) is 6.78. The summed E-state index contributed by atoms with van der Waals surface area (Å²) in [6, 6.07) is 32.3. The molecule has 4 aromatic rings. The highest BCUT2D eigenvalue weighted by molar-refractivity contribution is 5.50. The van der Waals surface area contributed by atoms with Gasteiger partial charge in [-0.2, -0.15) is 0 Å². The van der Waals surface area contributed by atoms with E-state index in [1.54, 1.807) is 0 Å². The third-order valence-electron chi connectivity index (χ3n) is 5.56. The highest BCUT2D eigenvalue weighted by Crippen LogP contribution is 2.43. The van der Waals surface area contributed by atoms with Gasteiger partial charge in [0, 0.05) is 12.1 Å². The topological polar surface area (TPSA) is 17.8 Å². The second kappa shape index (κ2) is 6.55. The Balaban J connectivity index is 1.84. The lowest BCUT2D eigenvalue weighted by molar-refractivity contribution is 0.514. The Labute approximate surface area is 160 Å². The van der Waals surface area contributed by atoms with E-state index in [2.05, 4.69) is 102 Å². The summed E-state index contributed by atoms with van der Waals surface area (Å²) in [4.78, 5) is 4.78. The molecule has 2 heteroatoms. The van der Waals surface area contributed by atoms with Gasteiger partial charge in [-0.15, -0.1) is 0 Å². The van der Waals surface area contributed by atoms with Crippen molar-refractivity contribution in [1.82, 2.24) is 9.55 Å². The molecule has 0 amide bonds. The fourth-order valence-electron chi connectivity index (χ4n) is 4.10.